The van der Waals surface area contributed by atoms with Crippen LogP contribution in [0, 0.1) is 5.41 Å². The third kappa shape index (κ3) is 7.21. The molecule has 2 aromatic rings. The van der Waals surface area contributed by atoms with Gasteiger partial charge in [0.25, 0.3) is 0 Å². The molecule has 0 radical (unpaired) electrons. The Morgan fingerprint density at radius 1 is 0.889 bits per heavy atom. The minimum Gasteiger partial charge on any atom is -0.508 e. The van der Waals surface area contributed by atoms with E-state index in [0.717, 1.165) is 6.08 Å². The molecule has 192 valence electrons. The van der Waals surface area contributed by atoms with Crippen LogP contribution < -0.4 is 14.2 Å². The number of esters is 1. The number of carbonyl (C=O) groups is 2. The van der Waals surface area contributed by atoms with E-state index in [0.29, 0.717) is 11.1 Å². The first-order valence-electron chi connectivity index (χ1n) is 11.0. The van der Waals surface area contributed by atoms with Gasteiger partial charge in [-0.15, -0.1) is 0 Å². The zero-order chi connectivity index (χ0) is 26.7. The first-order valence-corrected chi connectivity index (χ1v) is 11.0. The summed E-state index contributed by atoms with van der Waals surface area (Å²) in [4.78, 5) is 24.6. The number of aliphatic hydroxyl groups is 3. The molecule has 0 aliphatic rings. The molecule has 0 spiro atoms. The number of phenols is 1. The van der Waals surface area contributed by atoms with E-state index in [-0.39, 0.29) is 35.2 Å². The summed E-state index contributed by atoms with van der Waals surface area (Å²) in [6.45, 7) is 0.527. The van der Waals surface area contributed by atoms with E-state index in [1.807, 2.05) is 0 Å². The van der Waals surface area contributed by atoms with Crippen LogP contribution in [0.2, 0.25) is 0 Å². The van der Waals surface area contributed by atoms with Gasteiger partial charge in [0.05, 0.1) is 27.4 Å². The number of allylic oxidation sites excluding steroid dienone is 3. The molecule has 0 atom stereocenters. The molecule has 0 aromatic heterocycles. The predicted molar refractivity (Wildman–Crippen MR) is 134 cm³/mol. The molecule has 36 heavy (non-hydrogen) atoms. The molecular formula is C27H30O9. The Labute approximate surface area is 209 Å². The first kappa shape index (κ1) is 28.2. The Morgan fingerprint density at radius 2 is 1.47 bits per heavy atom. The lowest BCUT2D eigenvalue weighted by atomic mass is 9.87. The van der Waals surface area contributed by atoms with E-state index in [1.165, 1.54) is 50.7 Å². The number of benzene rings is 2. The van der Waals surface area contributed by atoms with E-state index in [2.05, 4.69) is 0 Å². The highest BCUT2D eigenvalue weighted by Gasteiger charge is 2.38. The lowest BCUT2D eigenvalue weighted by molar-refractivity contribution is -0.151. The van der Waals surface area contributed by atoms with Crippen molar-refractivity contribution in [3.05, 3.63) is 71.5 Å². The van der Waals surface area contributed by atoms with Crippen LogP contribution in [0.3, 0.4) is 0 Å². The SMILES string of the molecule is CCC(CO)(CO)C(=O)Oc1ccc(/C=C/C(O)=CC(=O)/C=C/c2ccc(O)c(OC)c2)cc1OC. The zero-order valence-corrected chi connectivity index (χ0v) is 20.3. The van der Waals surface area contributed by atoms with Crippen LogP contribution in [-0.2, 0) is 9.59 Å². The number of ketones is 1. The fraction of sp³-hybridized carbons (Fsp3) is 0.259. The van der Waals surface area contributed by atoms with Gasteiger partial charge < -0.3 is 34.6 Å². The van der Waals surface area contributed by atoms with Gasteiger partial charge in [-0.1, -0.05) is 31.2 Å². The maximum atomic E-state index is 12.5. The first-order chi connectivity index (χ1) is 17.2. The quantitative estimate of drug-likeness (QED) is 0.114. The van der Waals surface area contributed by atoms with E-state index in [9.17, 15) is 30.0 Å². The van der Waals surface area contributed by atoms with Crippen molar-refractivity contribution in [3.63, 3.8) is 0 Å². The molecule has 0 aliphatic heterocycles. The highest BCUT2D eigenvalue weighted by Crippen LogP contribution is 2.32. The third-order valence-corrected chi connectivity index (χ3v) is 5.49. The summed E-state index contributed by atoms with van der Waals surface area (Å²) < 4.78 is 15.6. The van der Waals surface area contributed by atoms with Crippen LogP contribution in [0.15, 0.2) is 60.4 Å². The van der Waals surface area contributed by atoms with Gasteiger partial charge in [0, 0.05) is 6.08 Å². The van der Waals surface area contributed by atoms with Crippen molar-refractivity contribution < 1.29 is 44.2 Å². The Hall–Kier alpha value is -4.08. The highest BCUT2D eigenvalue weighted by atomic mass is 16.6. The largest absolute Gasteiger partial charge is 0.508 e. The number of phenolic OH excluding ortho intramolecular Hbond substituents is 1. The number of aliphatic hydroxyl groups excluding tert-OH is 3. The average molecular weight is 499 g/mol. The van der Waals surface area contributed by atoms with Crippen LogP contribution >= 0.6 is 0 Å². The molecule has 0 saturated heterocycles. The molecule has 0 amide bonds. The van der Waals surface area contributed by atoms with E-state index < -0.39 is 30.4 Å². The van der Waals surface area contributed by atoms with E-state index in [4.69, 9.17) is 14.2 Å². The molecule has 4 N–H and O–H groups in total. The van der Waals surface area contributed by atoms with E-state index in [1.54, 1.807) is 31.2 Å². The molecule has 0 heterocycles. The topological polar surface area (TPSA) is 143 Å². The van der Waals surface area contributed by atoms with Gasteiger partial charge in [-0.25, -0.2) is 0 Å². The maximum absolute atomic E-state index is 12.5. The van der Waals surface area contributed by atoms with Crippen molar-refractivity contribution in [1.29, 1.82) is 0 Å². The molecule has 9 nitrogen and oxygen atoms in total. The number of hydrogen-bond donors (Lipinski definition) is 4. The van der Waals surface area contributed by atoms with Crippen LogP contribution in [-0.4, -0.2) is 59.6 Å². The van der Waals surface area contributed by atoms with Crippen molar-refractivity contribution in [2.75, 3.05) is 27.4 Å². The van der Waals surface area contributed by atoms with Crippen molar-refractivity contribution in [2.24, 2.45) is 5.41 Å². The fourth-order valence-corrected chi connectivity index (χ4v) is 3.03. The maximum Gasteiger partial charge on any atom is 0.322 e. The number of methoxy groups -OCH3 is 2. The van der Waals surface area contributed by atoms with Gasteiger partial charge in [-0.3, -0.25) is 9.59 Å². The Morgan fingerprint density at radius 3 is 2.06 bits per heavy atom. The number of rotatable bonds is 12. The molecule has 0 aliphatic carbocycles. The molecule has 0 fully saturated rings. The molecule has 0 unspecified atom stereocenters. The van der Waals surface area contributed by atoms with Crippen molar-refractivity contribution >= 4 is 23.9 Å². The lowest BCUT2D eigenvalue weighted by Crippen LogP contribution is -2.41. The van der Waals surface area contributed by atoms with E-state index >= 15 is 0 Å². The highest BCUT2D eigenvalue weighted by molar-refractivity contribution is 6.02. The summed E-state index contributed by atoms with van der Waals surface area (Å²) in [6, 6.07) is 9.24. The standard InChI is InChI=1S/C27H30O9/c1-4-27(16-28,17-29)26(33)36-23-12-8-19(14-25(23)35-3)6-10-21(31)15-20(30)9-5-18-7-11-22(32)24(13-18)34-2/h5-15,28-29,31-32H,4,16-17H2,1-3H3/b9-5+,10-6+,21-15?. The third-order valence-electron chi connectivity index (χ3n) is 5.49. The van der Waals surface area contributed by atoms with Crippen LogP contribution in [0.25, 0.3) is 12.2 Å². The minimum absolute atomic E-state index is 0.0177. The summed E-state index contributed by atoms with van der Waals surface area (Å²) in [5, 5.41) is 38.8. The molecule has 2 rings (SSSR count). The lowest BCUT2D eigenvalue weighted by Gasteiger charge is -2.25. The second kappa shape index (κ2) is 13.1. The molecule has 0 bridgehead atoms. The van der Waals surface area contributed by atoms with Gasteiger partial charge in [0.2, 0.25) is 0 Å². The summed E-state index contributed by atoms with van der Waals surface area (Å²) in [5.74, 6) is -0.959. The van der Waals surface area contributed by atoms with Gasteiger partial charge in [0.15, 0.2) is 28.8 Å². The minimum atomic E-state index is -1.42. The molecular weight excluding hydrogens is 468 g/mol. The number of ether oxygens (including phenoxy) is 3. The predicted octanol–water partition coefficient (Wildman–Crippen LogP) is 3.43. The van der Waals surface area contributed by atoms with Crippen molar-refractivity contribution in [2.45, 2.75) is 13.3 Å². The Kier molecular flexibility index (Phi) is 10.3. The summed E-state index contributed by atoms with van der Waals surface area (Å²) in [5.41, 5.74) is -0.212. The number of aromatic hydroxyl groups is 1. The molecule has 9 heteroatoms. The fourth-order valence-electron chi connectivity index (χ4n) is 3.03. The molecule has 0 saturated carbocycles. The van der Waals surface area contributed by atoms with Gasteiger partial charge in [-0.2, -0.15) is 0 Å². The summed E-state index contributed by atoms with van der Waals surface area (Å²) in [7, 11) is 2.80. The smallest absolute Gasteiger partial charge is 0.322 e. The second-order valence-electron chi connectivity index (χ2n) is 7.82. The van der Waals surface area contributed by atoms with Gasteiger partial charge in [-0.05, 0) is 54.0 Å². The van der Waals surface area contributed by atoms with Crippen LogP contribution in [0.4, 0.5) is 0 Å². The van der Waals surface area contributed by atoms with Crippen molar-refractivity contribution in [3.8, 4) is 23.0 Å². The zero-order valence-electron chi connectivity index (χ0n) is 20.3. The molecule has 2 aromatic carbocycles. The van der Waals surface area contributed by atoms with Gasteiger partial charge >= 0.3 is 5.97 Å². The van der Waals surface area contributed by atoms with Gasteiger partial charge in [0.1, 0.15) is 11.2 Å². The monoisotopic (exact) mass is 498 g/mol. The summed E-state index contributed by atoms with van der Waals surface area (Å²) >= 11 is 0. The summed E-state index contributed by atoms with van der Waals surface area (Å²) in [6.07, 6.45) is 6.84. The second-order valence-corrected chi connectivity index (χ2v) is 7.82. The van der Waals surface area contributed by atoms with Crippen molar-refractivity contribution in [1.82, 2.24) is 0 Å². The van der Waals surface area contributed by atoms with Crippen LogP contribution in [0.5, 0.6) is 23.0 Å². The number of hydrogen-bond acceptors (Lipinski definition) is 9. The normalized spacial score (nSPS) is 12.2. The Balaban J connectivity index is 2.11. The average Bonchev–Trinajstić information content (AvgIpc) is 2.88. The Bertz CT molecular complexity index is 1150. The van der Waals surface area contributed by atoms with Crippen LogP contribution in [0.1, 0.15) is 24.5 Å². The number of carbonyl (C=O) groups excluding carboxylic acids is 2.